The Morgan fingerprint density at radius 3 is 2.47 bits per heavy atom. The molecule has 1 heterocycles. The molecule has 5 nitrogen and oxygen atoms in total. The van der Waals surface area contributed by atoms with E-state index >= 15 is 0 Å². The number of halogens is 1. The first-order valence-electron chi connectivity index (χ1n) is 5.06. The van der Waals surface area contributed by atoms with Crippen LogP contribution in [0.2, 0.25) is 5.15 Å². The number of pyridine rings is 1. The van der Waals surface area contributed by atoms with Crippen molar-refractivity contribution in [2.24, 2.45) is 0 Å². The highest BCUT2D eigenvalue weighted by Gasteiger charge is 2.20. The molecule has 0 aliphatic carbocycles. The predicted octanol–water partition coefficient (Wildman–Crippen LogP) is 0.917. The second kappa shape index (κ2) is 5.77. The van der Waals surface area contributed by atoms with Gasteiger partial charge in [-0.05, 0) is 26.2 Å². The van der Waals surface area contributed by atoms with Gasteiger partial charge in [0, 0.05) is 26.3 Å². The fourth-order valence-electron chi connectivity index (χ4n) is 1.19. The fraction of sp³-hybridized carbons (Fsp3) is 0.500. The van der Waals surface area contributed by atoms with Crippen LogP contribution >= 0.6 is 11.6 Å². The molecular formula is C10H16ClN3O2S. The molecule has 0 unspecified atom stereocenters. The van der Waals surface area contributed by atoms with E-state index < -0.39 is 10.0 Å². The minimum absolute atomic E-state index is 0.166. The Morgan fingerprint density at radius 2 is 1.94 bits per heavy atom. The Hall–Kier alpha value is -0.690. The number of sulfonamides is 1. The van der Waals surface area contributed by atoms with Crippen molar-refractivity contribution in [2.75, 3.05) is 34.2 Å². The summed E-state index contributed by atoms with van der Waals surface area (Å²) in [7, 11) is 1.86. The molecule has 96 valence electrons. The van der Waals surface area contributed by atoms with Gasteiger partial charge >= 0.3 is 0 Å². The standard InChI is InChI=1S/C10H16ClN3O2S/c1-13(2)6-7-14(3)17(15,16)9-4-5-12-10(11)8-9/h4-5,8H,6-7H2,1-3H3. The third kappa shape index (κ3) is 3.92. The van der Waals surface area contributed by atoms with Gasteiger partial charge in [0.25, 0.3) is 0 Å². The average Bonchev–Trinajstić information content (AvgIpc) is 2.25. The lowest BCUT2D eigenvalue weighted by Gasteiger charge is -2.19. The SMILES string of the molecule is CN(C)CCN(C)S(=O)(=O)c1ccnc(Cl)c1. The van der Waals surface area contributed by atoms with Crippen molar-refractivity contribution in [1.82, 2.24) is 14.2 Å². The highest BCUT2D eigenvalue weighted by atomic mass is 35.5. The van der Waals surface area contributed by atoms with Gasteiger partial charge in [-0.25, -0.2) is 13.4 Å². The number of aromatic nitrogens is 1. The maximum absolute atomic E-state index is 12.1. The number of hydrogen-bond donors (Lipinski definition) is 0. The van der Waals surface area contributed by atoms with Crippen LogP contribution in [-0.2, 0) is 10.0 Å². The predicted molar refractivity (Wildman–Crippen MR) is 67.6 cm³/mol. The molecule has 1 aromatic heterocycles. The van der Waals surface area contributed by atoms with Crippen LogP contribution in [0, 0.1) is 0 Å². The van der Waals surface area contributed by atoms with Gasteiger partial charge in [0.1, 0.15) is 5.15 Å². The summed E-state index contributed by atoms with van der Waals surface area (Å²) in [5.41, 5.74) is 0. The van der Waals surface area contributed by atoms with Crippen LogP contribution < -0.4 is 0 Å². The normalized spacial score (nSPS) is 12.4. The minimum Gasteiger partial charge on any atom is -0.308 e. The molecule has 1 rings (SSSR count). The first kappa shape index (κ1) is 14.4. The number of likely N-dealkylation sites (N-methyl/N-ethyl adjacent to an activating group) is 2. The molecule has 1 aromatic rings. The Kier molecular flexibility index (Phi) is 4.88. The van der Waals surface area contributed by atoms with E-state index in [1.807, 2.05) is 19.0 Å². The van der Waals surface area contributed by atoms with E-state index in [1.165, 1.54) is 22.6 Å². The monoisotopic (exact) mass is 277 g/mol. The quantitative estimate of drug-likeness (QED) is 0.751. The summed E-state index contributed by atoms with van der Waals surface area (Å²) >= 11 is 5.68. The molecule has 0 saturated carbocycles. The number of nitrogens with zero attached hydrogens (tertiary/aromatic N) is 3. The highest BCUT2D eigenvalue weighted by molar-refractivity contribution is 7.89. The van der Waals surface area contributed by atoms with Crippen molar-refractivity contribution in [2.45, 2.75) is 4.90 Å². The summed E-state index contributed by atoms with van der Waals surface area (Å²) < 4.78 is 25.5. The number of hydrogen-bond acceptors (Lipinski definition) is 4. The van der Waals surface area contributed by atoms with Crippen LogP contribution in [-0.4, -0.2) is 56.8 Å². The van der Waals surface area contributed by atoms with Crippen LogP contribution in [0.25, 0.3) is 0 Å². The van der Waals surface area contributed by atoms with Crippen molar-refractivity contribution in [3.8, 4) is 0 Å². The van der Waals surface area contributed by atoms with Gasteiger partial charge in [-0.2, -0.15) is 4.31 Å². The molecule has 0 aromatic carbocycles. The molecule has 0 spiro atoms. The molecule has 17 heavy (non-hydrogen) atoms. The Balaban J connectivity index is 2.88. The maximum Gasteiger partial charge on any atom is 0.243 e. The van der Waals surface area contributed by atoms with Gasteiger partial charge in [0.05, 0.1) is 4.90 Å². The van der Waals surface area contributed by atoms with Crippen molar-refractivity contribution in [1.29, 1.82) is 0 Å². The number of rotatable bonds is 5. The molecule has 0 fully saturated rings. The molecule has 7 heteroatoms. The molecule has 0 aliphatic heterocycles. The van der Waals surface area contributed by atoms with E-state index in [1.54, 1.807) is 7.05 Å². The largest absolute Gasteiger partial charge is 0.308 e. The second-order valence-corrected chi connectivity index (χ2v) is 6.38. The van der Waals surface area contributed by atoms with Crippen LogP contribution in [0.15, 0.2) is 23.2 Å². The summed E-state index contributed by atoms with van der Waals surface area (Å²) in [5.74, 6) is 0. The van der Waals surface area contributed by atoms with E-state index in [4.69, 9.17) is 11.6 Å². The summed E-state index contributed by atoms with van der Waals surface area (Å²) in [6.45, 7) is 1.09. The summed E-state index contributed by atoms with van der Waals surface area (Å²) in [4.78, 5) is 5.85. The Labute approximate surface area is 107 Å². The van der Waals surface area contributed by atoms with Crippen molar-refractivity contribution in [3.63, 3.8) is 0 Å². The lowest BCUT2D eigenvalue weighted by molar-refractivity contribution is 0.358. The smallest absolute Gasteiger partial charge is 0.243 e. The van der Waals surface area contributed by atoms with E-state index in [0.717, 1.165) is 0 Å². The first-order chi connectivity index (χ1) is 7.84. The maximum atomic E-state index is 12.1. The molecule has 0 bridgehead atoms. The van der Waals surface area contributed by atoms with Crippen LogP contribution in [0.5, 0.6) is 0 Å². The summed E-state index contributed by atoms with van der Waals surface area (Å²) in [5, 5.41) is 0.173. The Bertz CT molecular complexity index is 476. The third-order valence-electron chi connectivity index (χ3n) is 2.27. The molecule has 0 radical (unpaired) electrons. The zero-order valence-electron chi connectivity index (χ0n) is 10.1. The zero-order chi connectivity index (χ0) is 13.1. The van der Waals surface area contributed by atoms with Crippen molar-refractivity contribution in [3.05, 3.63) is 23.5 Å². The minimum atomic E-state index is -3.47. The molecule has 0 saturated heterocycles. The van der Waals surface area contributed by atoms with Crippen LogP contribution in [0.4, 0.5) is 0 Å². The van der Waals surface area contributed by atoms with E-state index in [2.05, 4.69) is 4.98 Å². The van der Waals surface area contributed by atoms with E-state index in [9.17, 15) is 8.42 Å². The van der Waals surface area contributed by atoms with E-state index in [0.29, 0.717) is 13.1 Å². The van der Waals surface area contributed by atoms with Crippen molar-refractivity contribution >= 4 is 21.6 Å². The zero-order valence-corrected chi connectivity index (χ0v) is 11.7. The summed E-state index contributed by atoms with van der Waals surface area (Å²) in [6.07, 6.45) is 1.38. The lowest BCUT2D eigenvalue weighted by Crippen LogP contribution is -2.33. The lowest BCUT2D eigenvalue weighted by atomic mass is 10.5. The second-order valence-electron chi connectivity index (χ2n) is 3.94. The van der Waals surface area contributed by atoms with Gasteiger partial charge in [0.2, 0.25) is 10.0 Å². The highest BCUT2D eigenvalue weighted by Crippen LogP contribution is 2.16. The van der Waals surface area contributed by atoms with Crippen LogP contribution in [0.3, 0.4) is 0 Å². The fourth-order valence-corrected chi connectivity index (χ4v) is 2.60. The third-order valence-corrected chi connectivity index (χ3v) is 4.33. The van der Waals surface area contributed by atoms with E-state index in [-0.39, 0.29) is 10.0 Å². The van der Waals surface area contributed by atoms with Gasteiger partial charge in [-0.3, -0.25) is 0 Å². The van der Waals surface area contributed by atoms with Gasteiger partial charge in [-0.1, -0.05) is 11.6 Å². The first-order valence-corrected chi connectivity index (χ1v) is 6.88. The topological polar surface area (TPSA) is 53.5 Å². The molecule has 0 amide bonds. The van der Waals surface area contributed by atoms with Crippen LogP contribution in [0.1, 0.15) is 0 Å². The summed E-state index contributed by atoms with van der Waals surface area (Å²) in [6, 6.07) is 2.79. The van der Waals surface area contributed by atoms with Gasteiger partial charge in [-0.15, -0.1) is 0 Å². The average molecular weight is 278 g/mol. The van der Waals surface area contributed by atoms with Gasteiger partial charge < -0.3 is 4.90 Å². The molecule has 0 atom stereocenters. The molecule has 0 N–H and O–H groups in total. The van der Waals surface area contributed by atoms with Crippen molar-refractivity contribution < 1.29 is 8.42 Å². The van der Waals surface area contributed by atoms with Gasteiger partial charge in [0.15, 0.2) is 0 Å². The molecular weight excluding hydrogens is 262 g/mol. The molecule has 0 aliphatic rings. The Morgan fingerprint density at radius 1 is 1.29 bits per heavy atom.